The summed E-state index contributed by atoms with van der Waals surface area (Å²) in [5.41, 5.74) is -0.795. The first-order valence-corrected chi connectivity index (χ1v) is 10.5. The predicted molar refractivity (Wildman–Crippen MR) is 107 cm³/mol. The minimum atomic E-state index is -4.54. The van der Waals surface area contributed by atoms with E-state index in [0.717, 1.165) is 30.0 Å². The second-order valence-electron chi connectivity index (χ2n) is 5.93. The molecule has 2 N–H and O–H groups in total. The summed E-state index contributed by atoms with van der Waals surface area (Å²) in [4.78, 5) is 30.6. The fraction of sp³-hybridized carbons (Fsp3) is 0.353. The summed E-state index contributed by atoms with van der Waals surface area (Å²) in [6.07, 6.45) is -4.54. The van der Waals surface area contributed by atoms with Crippen LogP contribution in [-0.4, -0.2) is 26.9 Å². The topological polar surface area (TPSA) is 74.8 Å². The minimum Gasteiger partial charge on any atom is -0.324 e. The Morgan fingerprint density at radius 3 is 2.68 bits per heavy atom. The quantitative estimate of drug-likeness (QED) is 0.466. The molecule has 2 aromatic rings. The molecule has 0 aliphatic carbocycles. The van der Waals surface area contributed by atoms with Crippen molar-refractivity contribution < 1.29 is 18.0 Å². The maximum Gasteiger partial charge on any atom is 0.416 e. The van der Waals surface area contributed by atoms with Crippen molar-refractivity contribution in [2.75, 3.05) is 11.1 Å². The first-order valence-electron chi connectivity index (χ1n) is 8.06. The summed E-state index contributed by atoms with van der Waals surface area (Å²) in [7, 11) is 0. The van der Waals surface area contributed by atoms with Crippen molar-refractivity contribution in [2.24, 2.45) is 0 Å². The molecule has 28 heavy (non-hydrogen) atoms. The Morgan fingerprint density at radius 1 is 1.32 bits per heavy atom. The van der Waals surface area contributed by atoms with Gasteiger partial charge < -0.3 is 10.3 Å². The maximum atomic E-state index is 12.8. The highest BCUT2D eigenvalue weighted by Crippen LogP contribution is 2.33. The summed E-state index contributed by atoms with van der Waals surface area (Å²) in [6.45, 7) is 4.05. The third-order valence-electron chi connectivity index (χ3n) is 3.25. The van der Waals surface area contributed by atoms with Gasteiger partial charge in [0.1, 0.15) is 0 Å². The first kappa shape index (κ1) is 22.6. The zero-order chi connectivity index (χ0) is 20.9. The molecule has 1 heterocycles. The largest absolute Gasteiger partial charge is 0.416 e. The molecular weight excluding hydrogens is 435 g/mol. The predicted octanol–water partition coefficient (Wildman–Crippen LogP) is 4.81. The molecule has 11 heteroatoms. The molecule has 0 unspecified atom stereocenters. The highest BCUT2D eigenvalue weighted by Gasteiger charge is 2.31. The van der Waals surface area contributed by atoms with Gasteiger partial charge in [0.15, 0.2) is 5.16 Å². The number of aromatic amines is 1. The number of carbonyl (C=O) groups excluding carboxylic acids is 1. The van der Waals surface area contributed by atoms with Crippen LogP contribution in [0.25, 0.3) is 0 Å². The van der Waals surface area contributed by atoms with Crippen LogP contribution in [0.2, 0.25) is 5.02 Å². The molecule has 0 aliphatic heterocycles. The van der Waals surface area contributed by atoms with Crippen LogP contribution in [0.4, 0.5) is 18.9 Å². The van der Waals surface area contributed by atoms with E-state index in [-0.39, 0.29) is 27.2 Å². The van der Waals surface area contributed by atoms with Gasteiger partial charge in [-0.15, -0.1) is 0 Å². The fourth-order valence-electron chi connectivity index (χ4n) is 2.00. The summed E-state index contributed by atoms with van der Waals surface area (Å²) in [5, 5.41) is 2.97. The average molecular weight is 452 g/mol. The Morgan fingerprint density at radius 2 is 2.04 bits per heavy atom. The summed E-state index contributed by atoms with van der Waals surface area (Å²) < 4.78 is 38.4. The van der Waals surface area contributed by atoms with Crippen LogP contribution in [0.15, 0.2) is 34.2 Å². The number of nitrogens with one attached hydrogen (secondary N) is 2. The maximum absolute atomic E-state index is 12.8. The lowest BCUT2D eigenvalue weighted by Gasteiger charge is -2.11. The summed E-state index contributed by atoms with van der Waals surface area (Å²) in [5.74, 6) is -0.173. The zero-order valence-corrected chi connectivity index (χ0v) is 17.3. The van der Waals surface area contributed by atoms with Gasteiger partial charge in [-0.25, -0.2) is 4.98 Å². The lowest BCUT2D eigenvalue weighted by molar-refractivity contribution is -0.137. The Labute approximate surface area is 172 Å². The summed E-state index contributed by atoms with van der Waals surface area (Å²) in [6, 6.07) is 4.07. The van der Waals surface area contributed by atoms with E-state index in [1.54, 1.807) is 11.8 Å². The molecule has 0 bridgehead atoms. The number of anilines is 1. The number of benzene rings is 1. The molecule has 0 atom stereocenters. The van der Waals surface area contributed by atoms with Crippen LogP contribution in [-0.2, 0) is 16.7 Å². The van der Waals surface area contributed by atoms with Crippen molar-refractivity contribution in [3.63, 3.8) is 0 Å². The van der Waals surface area contributed by atoms with Crippen molar-refractivity contribution in [1.29, 1.82) is 0 Å². The van der Waals surface area contributed by atoms with E-state index >= 15 is 0 Å². The number of hydrogen-bond acceptors (Lipinski definition) is 5. The number of halogens is 4. The molecular formula is C17H17ClF3N3O2S2. The van der Waals surface area contributed by atoms with Gasteiger partial charge in [-0.05, 0) is 23.4 Å². The number of aromatic nitrogens is 2. The Kier molecular flexibility index (Phi) is 7.85. The summed E-state index contributed by atoms with van der Waals surface area (Å²) >= 11 is 8.45. The molecule has 1 aromatic heterocycles. The van der Waals surface area contributed by atoms with Gasteiger partial charge in [0.2, 0.25) is 5.91 Å². The third-order valence-corrected chi connectivity index (χ3v) is 5.58. The number of hydrogen-bond donors (Lipinski definition) is 2. The van der Waals surface area contributed by atoms with Crippen molar-refractivity contribution in [3.05, 3.63) is 50.9 Å². The number of alkyl halides is 3. The molecule has 0 radical (unpaired) electrons. The van der Waals surface area contributed by atoms with Gasteiger partial charge in [0, 0.05) is 11.8 Å². The molecule has 1 amide bonds. The van der Waals surface area contributed by atoms with E-state index < -0.39 is 17.6 Å². The molecule has 0 aliphatic rings. The second kappa shape index (κ2) is 9.71. The number of amides is 1. The highest BCUT2D eigenvalue weighted by molar-refractivity contribution is 7.99. The van der Waals surface area contributed by atoms with Gasteiger partial charge in [0.05, 0.1) is 27.7 Å². The Hall–Kier alpha value is -1.65. The number of H-pyrrole nitrogens is 1. The molecule has 0 spiro atoms. The van der Waals surface area contributed by atoms with Crippen LogP contribution in [0.3, 0.4) is 0 Å². The molecule has 2 rings (SSSR count). The van der Waals surface area contributed by atoms with Crippen LogP contribution in [0.5, 0.6) is 0 Å². The normalized spacial score (nSPS) is 11.7. The van der Waals surface area contributed by atoms with Crippen molar-refractivity contribution in [2.45, 2.75) is 36.2 Å². The smallest absolute Gasteiger partial charge is 0.324 e. The van der Waals surface area contributed by atoms with Gasteiger partial charge >= 0.3 is 6.18 Å². The number of carbonyl (C=O) groups is 1. The number of thioether (sulfide) groups is 2. The monoisotopic (exact) mass is 451 g/mol. The fourth-order valence-corrected chi connectivity index (χ4v) is 3.51. The van der Waals surface area contributed by atoms with Gasteiger partial charge in [0.25, 0.3) is 5.56 Å². The van der Waals surface area contributed by atoms with Crippen LogP contribution < -0.4 is 10.9 Å². The van der Waals surface area contributed by atoms with Gasteiger partial charge in [-0.1, -0.05) is 37.2 Å². The standard InChI is InChI=1S/C17H17ClF3N3O2S2/c1-9(2)27-7-11-6-14(25)24-16(22-11)28-8-15(26)23-13-5-10(17(19,20)21)3-4-12(13)18/h3-6,9H,7-8H2,1-2H3,(H,23,26)(H,22,24,25). The third kappa shape index (κ3) is 7.06. The Bertz CT molecular complexity index is 904. The van der Waals surface area contributed by atoms with Crippen LogP contribution >= 0.6 is 35.1 Å². The SMILES string of the molecule is CC(C)SCc1cc(=O)[nH]c(SCC(=O)Nc2cc(C(F)(F)F)ccc2Cl)n1. The molecule has 5 nitrogen and oxygen atoms in total. The molecule has 0 fully saturated rings. The van der Waals surface area contributed by atoms with Crippen LogP contribution in [0.1, 0.15) is 25.1 Å². The van der Waals surface area contributed by atoms with E-state index in [2.05, 4.69) is 15.3 Å². The zero-order valence-electron chi connectivity index (χ0n) is 14.9. The van der Waals surface area contributed by atoms with E-state index in [1.807, 2.05) is 13.8 Å². The van der Waals surface area contributed by atoms with E-state index in [1.165, 1.54) is 6.07 Å². The molecule has 0 saturated carbocycles. The number of nitrogens with zero attached hydrogens (tertiary/aromatic N) is 1. The molecule has 152 valence electrons. The lowest BCUT2D eigenvalue weighted by atomic mass is 10.2. The molecule has 0 saturated heterocycles. The van der Waals surface area contributed by atoms with Gasteiger partial charge in [-0.2, -0.15) is 24.9 Å². The second-order valence-corrected chi connectivity index (χ2v) is 8.87. The lowest BCUT2D eigenvalue weighted by Crippen LogP contribution is -2.17. The highest BCUT2D eigenvalue weighted by atomic mass is 35.5. The van der Waals surface area contributed by atoms with E-state index in [0.29, 0.717) is 16.7 Å². The minimum absolute atomic E-state index is 0.00871. The van der Waals surface area contributed by atoms with Crippen molar-refractivity contribution >= 4 is 46.7 Å². The van der Waals surface area contributed by atoms with Crippen LogP contribution in [0, 0.1) is 0 Å². The van der Waals surface area contributed by atoms with E-state index in [4.69, 9.17) is 11.6 Å². The van der Waals surface area contributed by atoms with E-state index in [9.17, 15) is 22.8 Å². The van der Waals surface area contributed by atoms with Crippen molar-refractivity contribution in [1.82, 2.24) is 9.97 Å². The Balaban J connectivity index is 2.02. The number of rotatable bonds is 7. The van der Waals surface area contributed by atoms with Crippen molar-refractivity contribution in [3.8, 4) is 0 Å². The van der Waals surface area contributed by atoms with Gasteiger partial charge in [-0.3, -0.25) is 9.59 Å². The molecule has 1 aromatic carbocycles. The first-order chi connectivity index (χ1) is 13.0. The average Bonchev–Trinajstić information content (AvgIpc) is 2.59.